The highest BCUT2D eigenvalue weighted by molar-refractivity contribution is 6.30. The molecule has 0 aliphatic heterocycles. The summed E-state index contributed by atoms with van der Waals surface area (Å²) in [5.74, 6) is 0.954. The summed E-state index contributed by atoms with van der Waals surface area (Å²) in [6, 6.07) is 0. The van der Waals surface area contributed by atoms with Gasteiger partial charge in [-0.1, -0.05) is 11.6 Å². The SMILES string of the molecule is Cc1c(Cl)nc(CCN)n1C. The topological polar surface area (TPSA) is 43.8 Å². The van der Waals surface area contributed by atoms with Crippen LogP contribution in [-0.4, -0.2) is 16.1 Å². The van der Waals surface area contributed by atoms with Crippen LogP contribution in [0.4, 0.5) is 0 Å². The van der Waals surface area contributed by atoms with Crippen LogP contribution in [0.25, 0.3) is 0 Å². The normalized spacial score (nSPS) is 10.5. The summed E-state index contributed by atoms with van der Waals surface area (Å²) in [6.45, 7) is 2.55. The number of nitrogens with zero attached hydrogens (tertiary/aromatic N) is 2. The number of hydrogen-bond acceptors (Lipinski definition) is 2. The van der Waals surface area contributed by atoms with Gasteiger partial charge in [-0.2, -0.15) is 0 Å². The number of aromatic nitrogens is 2. The molecular formula is C7H12ClN3. The Morgan fingerprint density at radius 1 is 1.64 bits per heavy atom. The van der Waals surface area contributed by atoms with E-state index in [0.717, 1.165) is 17.9 Å². The number of nitrogens with two attached hydrogens (primary N) is 1. The summed E-state index contributed by atoms with van der Waals surface area (Å²) < 4.78 is 1.97. The van der Waals surface area contributed by atoms with E-state index >= 15 is 0 Å². The molecule has 1 aromatic heterocycles. The minimum atomic E-state index is 0.580. The molecule has 3 nitrogen and oxygen atoms in total. The Hall–Kier alpha value is -0.540. The monoisotopic (exact) mass is 173 g/mol. The molecule has 0 fully saturated rings. The van der Waals surface area contributed by atoms with E-state index in [9.17, 15) is 0 Å². The average molecular weight is 174 g/mol. The van der Waals surface area contributed by atoms with Gasteiger partial charge in [0, 0.05) is 13.5 Å². The summed E-state index contributed by atoms with van der Waals surface area (Å²) >= 11 is 5.80. The molecule has 0 atom stereocenters. The maximum absolute atomic E-state index is 5.80. The van der Waals surface area contributed by atoms with E-state index < -0.39 is 0 Å². The maximum Gasteiger partial charge on any atom is 0.150 e. The van der Waals surface area contributed by atoms with Crippen LogP contribution >= 0.6 is 11.6 Å². The Kier molecular flexibility index (Phi) is 2.52. The highest BCUT2D eigenvalue weighted by atomic mass is 35.5. The first kappa shape index (κ1) is 8.56. The third-order valence-corrected chi connectivity index (χ3v) is 2.14. The van der Waals surface area contributed by atoms with Gasteiger partial charge in [-0.25, -0.2) is 4.98 Å². The molecule has 2 N–H and O–H groups in total. The molecule has 0 saturated carbocycles. The second-order valence-electron chi connectivity index (χ2n) is 2.50. The van der Waals surface area contributed by atoms with Gasteiger partial charge in [-0.15, -0.1) is 0 Å². The van der Waals surface area contributed by atoms with Crippen LogP contribution in [0, 0.1) is 6.92 Å². The van der Waals surface area contributed by atoms with Gasteiger partial charge in [0.1, 0.15) is 11.0 Å². The van der Waals surface area contributed by atoms with Crippen LogP contribution < -0.4 is 5.73 Å². The second kappa shape index (κ2) is 3.24. The van der Waals surface area contributed by atoms with Gasteiger partial charge in [0.05, 0.1) is 5.69 Å². The van der Waals surface area contributed by atoms with E-state index in [0.29, 0.717) is 11.7 Å². The summed E-state index contributed by atoms with van der Waals surface area (Å²) in [5.41, 5.74) is 6.39. The van der Waals surface area contributed by atoms with Gasteiger partial charge in [0.15, 0.2) is 0 Å². The third-order valence-electron chi connectivity index (χ3n) is 1.78. The van der Waals surface area contributed by atoms with Crippen molar-refractivity contribution in [3.8, 4) is 0 Å². The maximum atomic E-state index is 5.80. The molecule has 0 aliphatic carbocycles. The summed E-state index contributed by atoms with van der Waals surface area (Å²) in [7, 11) is 1.94. The van der Waals surface area contributed by atoms with Crippen molar-refractivity contribution >= 4 is 11.6 Å². The number of hydrogen-bond donors (Lipinski definition) is 1. The van der Waals surface area contributed by atoms with E-state index in [2.05, 4.69) is 4.98 Å². The van der Waals surface area contributed by atoms with Crippen molar-refractivity contribution in [3.63, 3.8) is 0 Å². The molecule has 0 amide bonds. The first-order chi connectivity index (χ1) is 5.16. The zero-order valence-corrected chi connectivity index (χ0v) is 7.52. The summed E-state index contributed by atoms with van der Waals surface area (Å²) in [6.07, 6.45) is 0.782. The number of rotatable bonds is 2. The first-order valence-electron chi connectivity index (χ1n) is 3.54. The quantitative estimate of drug-likeness (QED) is 0.722. The van der Waals surface area contributed by atoms with Crippen LogP contribution in [0.5, 0.6) is 0 Å². The molecule has 62 valence electrons. The molecule has 1 aromatic rings. The fraction of sp³-hybridized carbons (Fsp3) is 0.571. The van der Waals surface area contributed by atoms with E-state index in [1.54, 1.807) is 0 Å². The first-order valence-corrected chi connectivity index (χ1v) is 3.92. The van der Waals surface area contributed by atoms with Crippen molar-refractivity contribution in [3.05, 3.63) is 16.7 Å². The minimum Gasteiger partial charge on any atom is -0.334 e. The van der Waals surface area contributed by atoms with Crippen molar-refractivity contribution in [2.24, 2.45) is 12.8 Å². The predicted octanol–water partition coefficient (Wildman–Crippen LogP) is 0.883. The standard InChI is InChI=1S/C7H12ClN3/c1-5-7(8)10-6(3-4-9)11(5)2/h3-4,9H2,1-2H3. The smallest absolute Gasteiger partial charge is 0.150 e. The Labute approximate surface area is 71.2 Å². The number of imidazole rings is 1. The van der Waals surface area contributed by atoms with Crippen molar-refractivity contribution in [2.45, 2.75) is 13.3 Å². The molecule has 0 aliphatic rings. The molecule has 0 unspecified atom stereocenters. The lowest BCUT2D eigenvalue weighted by molar-refractivity contribution is 0.761. The highest BCUT2D eigenvalue weighted by Gasteiger charge is 2.06. The lowest BCUT2D eigenvalue weighted by Crippen LogP contribution is -2.08. The van der Waals surface area contributed by atoms with Crippen LogP contribution in [-0.2, 0) is 13.5 Å². The molecule has 4 heteroatoms. The Balaban J connectivity index is 2.98. The zero-order valence-electron chi connectivity index (χ0n) is 6.76. The average Bonchev–Trinajstić information content (AvgIpc) is 2.19. The van der Waals surface area contributed by atoms with Gasteiger partial charge < -0.3 is 10.3 Å². The van der Waals surface area contributed by atoms with Crippen molar-refractivity contribution in [1.29, 1.82) is 0 Å². The molecule has 0 radical (unpaired) electrons. The highest BCUT2D eigenvalue weighted by Crippen LogP contribution is 2.14. The predicted molar refractivity (Wildman–Crippen MR) is 45.7 cm³/mol. The van der Waals surface area contributed by atoms with Crippen LogP contribution in [0.2, 0.25) is 5.15 Å². The molecule has 11 heavy (non-hydrogen) atoms. The Morgan fingerprint density at radius 2 is 2.27 bits per heavy atom. The molecule has 0 aromatic carbocycles. The Morgan fingerprint density at radius 3 is 2.64 bits per heavy atom. The summed E-state index contributed by atoms with van der Waals surface area (Å²) in [4.78, 5) is 4.15. The van der Waals surface area contributed by atoms with Crippen LogP contribution in [0.3, 0.4) is 0 Å². The largest absolute Gasteiger partial charge is 0.334 e. The van der Waals surface area contributed by atoms with Crippen LogP contribution in [0.1, 0.15) is 11.5 Å². The molecule has 1 heterocycles. The molecule has 0 bridgehead atoms. The van der Waals surface area contributed by atoms with Crippen molar-refractivity contribution < 1.29 is 0 Å². The number of halogens is 1. The van der Waals surface area contributed by atoms with Crippen LogP contribution in [0.15, 0.2) is 0 Å². The molecule has 1 rings (SSSR count). The summed E-state index contributed by atoms with van der Waals surface area (Å²) in [5, 5.41) is 0.580. The van der Waals surface area contributed by atoms with Gasteiger partial charge in [-0.3, -0.25) is 0 Å². The fourth-order valence-electron chi connectivity index (χ4n) is 0.954. The van der Waals surface area contributed by atoms with E-state index in [4.69, 9.17) is 17.3 Å². The van der Waals surface area contributed by atoms with Gasteiger partial charge in [-0.05, 0) is 13.5 Å². The van der Waals surface area contributed by atoms with Gasteiger partial charge >= 0.3 is 0 Å². The van der Waals surface area contributed by atoms with Gasteiger partial charge in [0.2, 0.25) is 0 Å². The second-order valence-corrected chi connectivity index (χ2v) is 2.86. The molecular weight excluding hydrogens is 162 g/mol. The Bertz CT molecular complexity index is 254. The molecule has 0 spiro atoms. The lowest BCUT2D eigenvalue weighted by Gasteiger charge is -1.99. The van der Waals surface area contributed by atoms with Crippen molar-refractivity contribution in [2.75, 3.05) is 6.54 Å². The van der Waals surface area contributed by atoms with E-state index in [-0.39, 0.29) is 0 Å². The fourth-order valence-corrected chi connectivity index (χ4v) is 1.18. The minimum absolute atomic E-state index is 0.580. The third kappa shape index (κ3) is 1.54. The molecule has 0 saturated heterocycles. The zero-order chi connectivity index (χ0) is 8.43. The lowest BCUT2D eigenvalue weighted by atomic mass is 10.4. The van der Waals surface area contributed by atoms with Crippen molar-refractivity contribution in [1.82, 2.24) is 9.55 Å². The van der Waals surface area contributed by atoms with Gasteiger partial charge in [0.25, 0.3) is 0 Å². The van der Waals surface area contributed by atoms with E-state index in [1.807, 2.05) is 18.5 Å². The van der Waals surface area contributed by atoms with E-state index in [1.165, 1.54) is 0 Å².